The van der Waals surface area contributed by atoms with Crippen LogP contribution in [0.2, 0.25) is 0 Å². The Kier molecular flexibility index (Phi) is 7.33. The highest BCUT2D eigenvalue weighted by atomic mass is 32.2. The number of nitrogens with one attached hydrogen (secondary N) is 1. The van der Waals surface area contributed by atoms with Crippen molar-refractivity contribution < 1.29 is 0 Å². The SMILES string of the molecule is C=CC(NC(N)(c1ccccc1)c1c(-c2ccccc2N)ccc2c1Sc1cc3ccccc3cc1S2)c1ccccc1. The summed E-state index contributed by atoms with van der Waals surface area (Å²) in [6.45, 7) is 4.20. The van der Waals surface area contributed by atoms with Gasteiger partial charge in [0.2, 0.25) is 0 Å². The number of rotatable bonds is 7. The van der Waals surface area contributed by atoms with E-state index in [2.05, 4.69) is 90.8 Å². The summed E-state index contributed by atoms with van der Waals surface area (Å²) >= 11 is 3.58. The van der Waals surface area contributed by atoms with E-state index in [1.165, 1.54) is 25.5 Å². The first-order chi connectivity index (χ1) is 21.0. The molecule has 1 aliphatic heterocycles. The second-order valence-corrected chi connectivity index (χ2v) is 12.8. The van der Waals surface area contributed by atoms with Gasteiger partial charge in [0.15, 0.2) is 0 Å². The second-order valence-electron chi connectivity index (χ2n) is 10.7. The summed E-state index contributed by atoms with van der Waals surface area (Å²) in [7, 11) is 0. The summed E-state index contributed by atoms with van der Waals surface area (Å²) in [6, 6.07) is 45.9. The fourth-order valence-corrected chi connectivity index (χ4v) is 8.39. The molecule has 0 aliphatic carbocycles. The van der Waals surface area contributed by atoms with Crippen molar-refractivity contribution in [3.63, 3.8) is 0 Å². The third-order valence-corrected chi connectivity index (χ3v) is 10.6. The Morgan fingerprint density at radius 3 is 1.93 bits per heavy atom. The monoisotopic (exact) mass is 593 g/mol. The van der Waals surface area contributed by atoms with Crippen molar-refractivity contribution in [1.82, 2.24) is 5.32 Å². The number of hydrogen-bond acceptors (Lipinski definition) is 5. The van der Waals surface area contributed by atoms with Gasteiger partial charge in [0.05, 0.1) is 6.04 Å². The van der Waals surface area contributed by atoms with Gasteiger partial charge in [-0.05, 0) is 51.7 Å². The molecule has 0 bridgehead atoms. The van der Waals surface area contributed by atoms with Crippen LogP contribution in [-0.2, 0) is 5.66 Å². The van der Waals surface area contributed by atoms with Crippen LogP contribution in [0.1, 0.15) is 22.7 Å². The van der Waals surface area contributed by atoms with Crippen LogP contribution in [0.4, 0.5) is 5.69 Å². The van der Waals surface area contributed by atoms with Gasteiger partial charge in [-0.15, -0.1) is 6.58 Å². The summed E-state index contributed by atoms with van der Waals surface area (Å²) in [5.41, 5.74) is 19.0. The number of nitrogens with two attached hydrogens (primary N) is 2. The molecular formula is C38H31N3S2. The lowest BCUT2D eigenvalue weighted by Gasteiger charge is -2.39. The quantitative estimate of drug-likeness (QED) is 0.0976. The summed E-state index contributed by atoms with van der Waals surface area (Å²) in [5.74, 6) is 0. The summed E-state index contributed by atoms with van der Waals surface area (Å²) in [4.78, 5) is 4.76. The molecule has 0 spiro atoms. The molecule has 6 aromatic carbocycles. The average molecular weight is 594 g/mol. The van der Waals surface area contributed by atoms with Crippen molar-refractivity contribution in [2.24, 2.45) is 5.73 Å². The Morgan fingerprint density at radius 2 is 1.26 bits per heavy atom. The van der Waals surface area contributed by atoms with E-state index >= 15 is 0 Å². The molecule has 2 atom stereocenters. The van der Waals surface area contributed by atoms with E-state index in [0.717, 1.165) is 32.7 Å². The molecule has 0 saturated heterocycles. The lowest BCUT2D eigenvalue weighted by Crippen LogP contribution is -2.53. The van der Waals surface area contributed by atoms with Gasteiger partial charge in [0.1, 0.15) is 5.66 Å². The first-order valence-corrected chi connectivity index (χ1v) is 15.9. The van der Waals surface area contributed by atoms with Crippen LogP contribution in [0.25, 0.3) is 21.9 Å². The molecule has 6 aromatic rings. The molecule has 0 saturated carbocycles. The highest BCUT2D eigenvalue weighted by molar-refractivity contribution is 8.05. The highest BCUT2D eigenvalue weighted by Gasteiger charge is 2.39. The van der Waals surface area contributed by atoms with Crippen LogP contribution in [0, 0.1) is 0 Å². The minimum atomic E-state index is -1.10. The van der Waals surface area contributed by atoms with Crippen LogP contribution in [0.5, 0.6) is 0 Å². The fraction of sp³-hybridized carbons (Fsp3) is 0.0526. The van der Waals surface area contributed by atoms with E-state index in [9.17, 15) is 0 Å². The Morgan fingerprint density at radius 1 is 0.651 bits per heavy atom. The molecule has 7 rings (SSSR count). The summed E-state index contributed by atoms with van der Waals surface area (Å²) in [6.07, 6.45) is 1.93. The molecule has 5 N–H and O–H groups in total. The zero-order valence-corrected chi connectivity index (χ0v) is 25.2. The Labute approximate surface area is 261 Å². The van der Waals surface area contributed by atoms with Crippen LogP contribution >= 0.6 is 23.5 Å². The number of benzene rings is 6. The highest BCUT2D eigenvalue weighted by Crippen LogP contribution is 2.55. The van der Waals surface area contributed by atoms with E-state index in [4.69, 9.17) is 11.5 Å². The van der Waals surface area contributed by atoms with Crippen molar-refractivity contribution in [2.75, 3.05) is 5.73 Å². The molecular weight excluding hydrogens is 563 g/mol. The van der Waals surface area contributed by atoms with Gasteiger partial charge >= 0.3 is 0 Å². The minimum absolute atomic E-state index is 0.208. The largest absolute Gasteiger partial charge is 0.398 e. The van der Waals surface area contributed by atoms with Crippen molar-refractivity contribution in [3.05, 3.63) is 163 Å². The van der Waals surface area contributed by atoms with Crippen molar-refractivity contribution in [3.8, 4) is 11.1 Å². The third kappa shape index (κ3) is 5.05. The number of nitrogen functional groups attached to an aromatic ring is 1. The molecule has 0 radical (unpaired) electrons. The predicted molar refractivity (Wildman–Crippen MR) is 182 cm³/mol. The van der Waals surface area contributed by atoms with Crippen LogP contribution in [0.3, 0.4) is 0 Å². The number of anilines is 1. The van der Waals surface area contributed by atoms with E-state index in [-0.39, 0.29) is 6.04 Å². The minimum Gasteiger partial charge on any atom is -0.398 e. The summed E-state index contributed by atoms with van der Waals surface area (Å²) < 4.78 is 0. The number of fused-ring (bicyclic) bond motifs is 3. The standard InChI is InChI=1S/C38H31N3S2/c1-2-32(25-13-5-3-6-14-25)41-38(40,28-17-7-4-8-18-28)36-30(29-19-11-12-20-31(29)39)21-22-33-37(36)43-35-24-27-16-10-9-15-26(27)23-34(35)42-33/h2-24,32,41H,1,39-40H2. The molecule has 2 unspecified atom stereocenters. The first-order valence-electron chi connectivity index (χ1n) is 14.3. The lowest BCUT2D eigenvalue weighted by atomic mass is 9.84. The van der Waals surface area contributed by atoms with Crippen LogP contribution in [0.15, 0.2) is 166 Å². The Hall–Kier alpha value is -4.26. The molecule has 0 amide bonds. The molecule has 1 heterocycles. The zero-order valence-electron chi connectivity index (χ0n) is 23.5. The van der Waals surface area contributed by atoms with Gasteiger partial charge in [-0.3, -0.25) is 5.32 Å². The van der Waals surface area contributed by atoms with Crippen molar-refractivity contribution in [1.29, 1.82) is 0 Å². The van der Waals surface area contributed by atoms with Gasteiger partial charge < -0.3 is 11.5 Å². The van der Waals surface area contributed by atoms with Gasteiger partial charge in [-0.2, -0.15) is 0 Å². The number of hydrogen-bond donors (Lipinski definition) is 3. The molecule has 43 heavy (non-hydrogen) atoms. The molecule has 0 fully saturated rings. The van der Waals surface area contributed by atoms with Crippen molar-refractivity contribution >= 4 is 40.0 Å². The molecule has 1 aliphatic rings. The first kappa shape index (κ1) is 27.6. The van der Waals surface area contributed by atoms with Crippen LogP contribution < -0.4 is 16.8 Å². The van der Waals surface area contributed by atoms with Gasteiger partial charge in [0.25, 0.3) is 0 Å². The average Bonchev–Trinajstić information content (AvgIpc) is 3.06. The van der Waals surface area contributed by atoms with Gasteiger partial charge in [-0.25, -0.2) is 0 Å². The Balaban J connectivity index is 1.49. The topological polar surface area (TPSA) is 64.1 Å². The zero-order chi connectivity index (χ0) is 29.4. The van der Waals surface area contributed by atoms with E-state index in [1.807, 2.05) is 60.7 Å². The Bertz CT molecular complexity index is 1960. The van der Waals surface area contributed by atoms with E-state index < -0.39 is 5.66 Å². The predicted octanol–water partition coefficient (Wildman–Crippen LogP) is 9.38. The molecule has 210 valence electrons. The molecule has 0 aromatic heterocycles. The maximum atomic E-state index is 7.75. The van der Waals surface area contributed by atoms with Gasteiger partial charge in [-0.1, -0.05) is 139 Å². The van der Waals surface area contributed by atoms with Crippen LogP contribution in [-0.4, -0.2) is 0 Å². The summed E-state index contributed by atoms with van der Waals surface area (Å²) in [5, 5.41) is 6.32. The van der Waals surface area contributed by atoms with Gasteiger partial charge in [0, 0.05) is 36.4 Å². The molecule has 3 nitrogen and oxygen atoms in total. The lowest BCUT2D eigenvalue weighted by molar-refractivity contribution is 0.380. The van der Waals surface area contributed by atoms with E-state index in [0.29, 0.717) is 5.69 Å². The third-order valence-electron chi connectivity index (χ3n) is 8.02. The normalized spacial score (nSPS) is 14.3. The smallest absolute Gasteiger partial charge is 0.121 e. The fourth-order valence-electron chi connectivity index (χ4n) is 5.87. The number of para-hydroxylation sites is 1. The maximum Gasteiger partial charge on any atom is 0.121 e. The molecule has 5 heteroatoms. The van der Waals surface area contributed by atoms with Crippen molar-refractivity contribution in [2.45, 2.75) is 31.3 Å². The second kappa shape index (κ2) is 11.4. The van der Waals surface area contributed by atoms with E-state index in [1.54, 1.807) is 23.5 Å². The maximum absolute atomic E-state index is 7.75.